The van der Waals surface area contributed by atoms with Crippen molar-refractivity contribution in [3.63, 3.8) is 0 Å². The minimum absolute atomic E-state index is 0.0711. The van der Waals surface area contributed by atoms with E-state index in [-0.39, 0.29) is 31.1 Å². The predicted molar refractivity (Wildman–Crippen MR) is 298 cm³/mol. The van der Waals surface area contributed by atoms with E-state index in [1.165, 1.54) is 218 Å². The third-order valence-corrected chi connectivity index (χ3v) is 13.6. The summed E-state index contributed by atoms with van der Waals surface area (Å²) in [5.74, 6) is -0.874. The summed E-state index contributed by atoms with van der Waals surface area (Å²) in [6.45, 7) is 6.57. The molecule has 0 saturated heterocycles. The predicted octanol–water partition coefficient (Wildman–Crippen LogP) is 20.4. The van der Waals surface area contributed by atoms with Gasteiger partial charge in [-0.05, 0) is 70.6 Å². The molecule has 0 aromatic carbocycles. The molecule has 0 amide bonds. The number of unbranched alkanes of at least 4 members (excludes halogenated alkanes) is 39. The summed E-state index contributed by atoms with van der Waals surface area (Å²) in [5.41, 5.74) is 0. The first kappa shape index (κ1) is 66.6. The maximum Gasteiger partial charge on any atom is 0.306 e. The van der Waals surface area contributed by atoms with Crippen LogP contribution in [0.3, 0.4) is 0 Å². The number of hydrogen-bond acceptors (Lipinski definition) is 6. The molecule has 0 saturated carbocycles. The van der Waals surface area contributed by atoms with Crippen LogP contribution >= 0.6 is 0 Å². The van der Waals surface area contributed by atoms with Crippen molar-refractivity contribution in [3.8, 4) is 0 Å². The van der Waals surface area contributed by atoms with Gasteiger partial charge in [-0.2, -0.15) is 0 Å². The highest BCUT2D eigenvalue weighted by Gasteiger charge is 2.19. The maximum absolute atomic E-state index is 12.7. The molecular weight excluding hydrogens is 853 g/mol. The van der Waals surface area contributed by atoms with Crippen molar-refractivity contribution in [2.75, 3.05) is 13.2 Å². The summed E-state index contributed by atoms with van der Waals surface area (Å²) in [6, 6.07) is 0. The smallest absolute Gasteiger partial charge is 0.306 e. The van der Waals surface area contributed by atoms with Gasteiger partial charge in [-0.25, -0.2) is 0 Å². The average molecular weight is 970 g/mol. The molecular formula is C63H116O6. The third-order valence-electron chi connectivity index (χ3n) is 13.6. The quantitative estimate of drug-likeness (QED) is 0.0261. The Bertz CT molecular complexity index is 1160. The first-order chi connectivity index (χ1) is 34.0. The second-order valence-electron chi connectivity index (χ2n) is 20.6. The van der Waals surface area contributed by atoms with Crippen LogP contribution in [0.15, 0.2) is 36.5 Å². The number of carbonyl (C=O) groups excluding carboxylic acids is 3. The molecule has 0 bridgehead atoms. The van der Waals surface area contributed by atoms with Crippen LogP contribution < -0.4 is 0 Å². The molecule has 0 aromatic heterocycles. The molecule has 6 nitrogen and oxygen atoms in total. The van der Waals surface area contributed by atoms with Gasteiger partial charge in [0.1, 0.15) is 13.2 Å². The lowest BCUT2D eigenvalue weighted by molar-refractivity contribution is -0.167. The topological polar surface area (TPSA) is 78.9 Å². The summed E-state index contributed by atoms with van der Waals surface area (Å²) in [5, 5.41) is 0. The van der Waals surface area contributed by atoms with E-state index in [9.17, 15) is 14.4 Å². The van der Waals surface area contributed by atoms with Gasteiger partial charge in [0.25, 0.3) is 0 Å². The molecule has 0 N–H and O–H groups in total. The van der Waals surface area contributed by atoms with E-state index >= 15 is 0 Å². The molecule has 0 rings (SSSR count). The molecule has 1 atom stereocenters. The van der Waals surface area contributed by atoms with Crippen LogP contribution in [0.2, 0.25) is 0 Å². The van der Waals surface area contributed by atoms with Gasteiger partial charge in [-0.15, -0.1) is 0 Å². The van der Waals surface area contributed by atoms with Gasteiger partial charge in [-0.3, -0.25) is 14.4 Å². The number of allylic oxidation sites excluding steroid dienone is 6. The molecule has 0 aliphatic heterocycles. The first-order valence-electron chi connectivity index (χ1n) is 30.5. The fourth-order valence-corrected chi connectivity index (χ4v) is 8.99. The van der Waals surface area contributed by atoms with Gasteiger partial charge >= 0.3 is 17.9 Å². The Morgan fingerprint density at radius 1 is 0.290 bits per heavy atom. The molecule has 0 aliphatic carbocycles. The van der Waals surface area contributed by atoms with Crippen molar-refractivity contribution in [1.82, 2.24) is 0 Å². The lowest BCUT2D eigenvalue weighted by Gasteiger charge is -2.18. The van der Waals surface area contributed by atoms with E-state index in [2.05, 4.69) is 57.2 Å². The molecule has 0 fully saturated rings. The molecule has 0 spiro atoms. The number of hydrogen-bond donors (Lipinski definition) is 0. The summed E-state index contributed by atoms with van der Waals surface area (Å²) < 4.78 is 16.7. The highest BCUT2D eigenvalue weighted by Crippen LogP contribution is 2.17. The fourth-order valence-electron chi connectivity index (χ4n) is 8.99. The van der Waals surface area contributed by atoms with Crippen LogP contribution in [0.4, 0.5) is 0 Å². The van der Waals surface area contributed by atoms with Gasteiger partial charge < -0.3 is 14.2 Å². The van der Waals surface area contributed by atoms with Crippen LogP contribution in [0.5, 0.6) is 0 Å². The molecule has 0 heterocycles. The van der Waals surface area contributed by atoms with Crippen molar-refractivity contribution < 1.29 is 28.6 Å². The van der Waals surface area contributed by atoms with Gasteiger partial charge in [0.15, 0.2) is 6.10 Å². The van der Waals surface area contributed by atoms with Gasteiger partial charge in [-0.1, -0.05) is 276 Å². The van der Waals surface area contributed by atoms with E-state index in [1.807, 2.05) is 0 Å². The first-order valence-corrected chi connectivity index (χ1v) is 30.5. The lowest BCUT2D eigenvalue weighted by atomic mass is 10.0. The van der Waals surface area contributed by atoms with Crippen molar-refractivity contribution in [2.45, 2.75) is 335 Å². The Hall–Kier alpha value is -2.37. The number of rotatable bonds is 56. The number of esters is 3. The molecule has 1 unspecified atom stereocenters. The highest BCUT2D eigenvalue weighted by atomic mass is 16.6. The molecule has 6 heteroatoms. The summed E-state index contributed by atoms with van der Waals surface area (Å²) >= 11 is 0. The number of carbonyl (C=O) groups is 3. The van der Waals surface area contributed by atoms with Crippen LogP contribution in [-0.4, -0.2) is 37.2 Å². The Morgan fingerprint density at radius 2 is 0.536 bits per heavy atom. The van der Waals surface area contributed by atoms with Crippen molar-refractivity contribution in [1.29, 1.82) is 0 Å². The largest absolute Gasteiger partial charge is 0.462 e. The summed E-state index contributed by atoms with van der Waals surface area (Å²) in [7, 11) is 0. The Morgan fingerprint density at radius 3 is 0.855 bits per heavy atom. The van der Waals surface area contributed by atoms with Gasteiger partial charge in [0.2, 0.25) is 0 Å². The van der Waals surface area contributed by atoms with E-state index < -0.39 is 6.10 Å². The van der Waals surface area contributed by atoms with Crippen LogP contribution in [0, 0.1) is 0 Å². The zero-order valence-corrected chi connectivity index (χ0v) is 46.3. The summed E-state index contributed by atoms with van der Waals surface area (Å²) in [4.78, 5) is 37.8. The highest BCUT2D eigenvalue weighted by molar-refractivity contribution is 5.71. The molecule has 69 heavy (non-hydrogen) atoms. The number of ether oxygens (including phenoxy) is 3. The van der Waals surface area contributed by atoms with Crippen LogP contribution in [-0.2, 0) is 28.6 Å². The Labute approximate surface area is 429 Å². The van der Waals surface area contributed by atoms with Crippen molar-refractivity contribution >= 4 is 17.9 Å². The van der Waals surface area contributed by atoms with Gasteiger partial charge in [0.05, 0.1) is 0 Å². The van der Waals surface area contributed by atoms with Crippen LogP contribution in [0.25, 0.3) is 0 Å². The second-order valence-corrected chi connectivity index (χ2v) is 20.6. The monoisotopic (exact) mass is 969 g/mol. The zero-order valence-electron chi connectivity index (χ0n) is 46.3. The average Bonchev–Trinajstić information content (AvgIpc) is 3.35. The lowest BCUT2D eigenvalue weighted by Crippen LogP contribution is -2.30. The minimum atomic E-state index is -0.769. The second kappa shape index (κ2) is 58.2. The standard InChI is InChI=1S/C63H116O6/c1-4-7-10-13-16-18-20-21-22-23-24-25-26-27-28-29-30-31-32-33-34-35-36-37-38-39-40-41-43-44-47-50-53-56-62(65)68-59-60(58-67-61(64)55-52-49-46-15-12-9-6-3)69-63(66)57-54-51-48-45-42-19-17-14-11-8-5-2/h14,17,20-21,23-24,60H,4-13,15-16,18-19,22,25-59H2,1-3H3/b17-14-,21-20-,24-23-. The van der Waals surface area contributed by atoms with E-state index in [1.54, 1.807) is 0 Å². The van der Waals surface area contributed by atoms with Gasteiger partial charge in [0, 0.05) is 19.3 Å². The molecule has 0 aromatic rings. The van der Waals surface area contributed by atoms with E-state index in [0.717, 1.165) is 70.6 Å². The molecule has 0 radical (unpaired) electrons. The zero-order chi connectivity index (χ0) is 50.0. The fraction of sp³-hybridized carbons (Fsp3) is 0.857. The minimum Gasteiger partial charge on any atom is -0.462 e. The third kappa shape index (κ3) is 56.4. The molecule has 404 valence electrons. The maximum atomic E-state index is 12.7. The SMILES string of the molecule is CCCC/C=C\CCCCCCCC(=O)OC(COC(=O)CCCCCCCCC)COC(=O)CCCCCCCCCCCCCCCCCCCCCCC/C=C\C/C=C\CCCCCCC. The van der Waals surface area contributed by atoms with E-state index in [4.69, 9.17) is 14.2 Å². The molecule has 0 aliphatic rings. The Kier molecular flexibility index (Phi) is 56.2. The van der Waals surface area contributed by atoms with Crippen LogP contribution in [0.1, 0.15) is 329 Å². The Balaban J connectivity index is 3.89. The van der Waals surface area contributed by atoms with Crippen molar-refractivity contribution in [2.24, 2.45) is 0 Å². The van der Waals surface area contributed by atoms with Crippen molar-refractivity contribution in [3.05, 3.63) is 36.5 Å². The normalized spacial score (nSPS) is 12.2. The van der Waals surface area contributed by atoms with E-state index in [0.29, 0.717) is 19.3 Å². The summed E-state index contributed by atoms with van der Waals surface area (Å²) in [6.07, 6.45) is 70.6.